The van der Waals surface area contributed by atoms with Crippen LogP contribution in [-0.2, 0) is 14.4 Å². The SMILES string of the molecule is CC(=O)NC(C(C)=O)C(C)CSC(=O)c1cc(-c2ccc(F)cc2F)ccc1OC(C)=O. The molecule has 1 amide bonds. The zero-order valence-electron chi connectivity index (χ0n) is 18.0. The number of hydrogen-bond acceptors (Lipinski definition) is 6. The summed E-state index contributed by atoms with van der Waals surface area (Å²) in [6.45, 7) is 5.55. The summed E-state index contributed by atoms with van der Waals surface area (Å²) in [6, 6.07) is 6.52. The number of halogens is 2. The Morgan fingerprint density at radius 3 is 2.28 bits per heavy atom. The van der Waals surface area contributed by atoms with E-state index in [2.05, 4.69) is 5.32 Å². The van der Waals surface area contributed by atoms with Crippen LogP contribution in [0.4, 0.5) is 8.78 Å². The highest BCUT2D eigenvalue weighted by Crippen LogP contribution is 2.32. The fourth-order valence-electron chi connectivity index (χ4n) is 3.07. The maximum atomic E-state index is 14.2. The third-order valence-electron chi connectivity index (χ3n) is 4.54. The highest BCUT2D eigenvalue weighted by molar-refractivity contribution is 8.14. The van der Waals surface area contributed by atoms with Gasteiger partial charge in [-0.25, -0.2) is 8.78 Å². The average Bonchev–Trinajstić information content (AvgIpc) is 2.69. The van der Waals surface area contributed by atoms with E-state index in [1.54, 1.807) is 6.92 Å². The summed E-state index contributed by atoms with van der Waals surface area (Å²) in [4.78, 5) is 47.6. The molecule has 0 fully saturated rings. The number of ketones is 1. The van der Waals surface area contributed by atoms with Crippen molar-refractivity contribution in [2.45, 2.75) is 33.7 Å². The fraction of sp³-hybridized carbons (Fsp3) is 0.304. The van der Waals surface area contributed by atoms with E-state index in [0.717, 1.165) is 23.9 Å². The maximum Gasteiger partial charge on any atom is 0.308 e. The molecule has 0 heterocycles. The van der Waals surface area contributed by atoms with Crippen LogP contribution >= 0.6 is 11.8 Å². The lowest BCUT2D eigenvalue weighted by molar-refractivity contribution is -0.132. The van der Waals surface area contributed by atoms with Gasteiger partial charge in [-0.3, -0.25) is 19.2 Å². The molecule has 0 spiro atoms. The van der Waals surface area contributed by atoms with Crippen molar-refractivity contribution in [3.63, 3.8) is 0 Å². The number of thioether (sulfide) groups is 1. The van der Waals surface area contributed by atoms with E-state index in [9.17, 15) is 28.0 Å². The van der Waals surface area contributed by atoms with E-state index in [1.165, 1.54) is 45.0 Å². The van der Waals surface area contributed by atoms with E-state index < -0.39 is 28.8 Å². The van der Waals surface area contributed by atoms with Crippen molar-refractivity contribution >= 4 is 34.5 Å². The van der Waals surface area contributed by atoms with Gasteiger partial charge in [0.1, 0.15) is 17.4 Å². The van der Waals surface area contributed by atoms with Crippen molar-refractivity contribution in [1.82, 2.24) is 5.32 Å². The molecule has 0 radical (unpaired) electrons. The van der Waals surface area contributed by atoms with Crippen LogP contribution in [0.5, 0.6) is 5.75 Å². The number of carbonyl (C=O) groups is 4. The molecular weight excluding hydrogens is 440 g/mol. The molecule has 32 heavy (non-hydrogen) atoms. The number of hydrogen-bond donors (Lipinski definition) is 1. The number of esters is 1. The maximum absolute atomic E-state index is 14.2. The number of nitrogens with one attached hydrogen (secondary N) is 1. The molecule has 9 heteroatoms. The van der Waals surface area contributed by atoms with Crippen LogP contribution in [0, 0.1) is 17.6 Å². The van der Waals surface area contributed by atoms with Crippen LogP contribution in [0.25, 0.3) is 11.1 Å². The Bertz CT molecular complexity index is 1060. The highest BCUT2D eigenvalue weighted by Gasteiger charge is 2.25. The van der Waals surface area contributed by atoms with Gasteiger partial charge < -0.3 is 10.1 Å². The van der Waals surface area contributed by atoms with Gasteiger partial charge in [-0.05, 0) is 42.7 Å². The molecule has 0 aliphatic rings. The largest absolute Gasteiger partial charge is 0.426 e. The molecule has 2 aromatic rings. The summed E-state index contributed by atoms with van der Waals surface area (Å²) in [5, 5.41) is 2.10. The molecule has 0 aromatic heterocycles. The molecule has 1 N–H and O–H groups in total. The zero-order chi connectivity index (χ0) is 24.0. The topological polar surface area (TPSA) is 89.5 Å². The first-order valence-electron chi connectivity index (χ1n) is 9.72. The van der Waals surface area contributed by atoms with Gasteiger partial charge in [-0.1, -0.05) is 24.8 Å². The normalized spacial score (nSPS) is 12.6. The number of amides is 1. The fourth-order valence-corrected chi connectivity index (χ4v) is 3.99. The summed E-state index contributed by atoms with van der Waals surface area (Å²) >= 11 is 0.875. The van der Waals surface area contributed by atoms with E-state index in [-0.39, 0.29) is 40.2 Å². The van der Waals surface area contributed by atoms with Crippen molar-refractivity contribution < 1.29 is 32.7 Å². The third-order valence-corrected chi connectivity index (χ3v) is 5.71. The lowest BCUT2D eigenvalue weighted by atomic mass is 10.0. The van der Waals surface area contributed by atoms with Gasteiger partial charge in [0.2, 0.25) is 11.0 Å². The Morgan fingerprint density at radius 1 is 1.03 bits per heavy atom. The van der Waals surface area contributed by atoms with Crippen molar-refractivity contribution in [2.24, 2.45) is 5.92 Å². The highest BCUT2D eigenvalue weighted by atomic mass is 32.2. The molecule has 0 saturated heterocycles. The number of carbonyl (C=O) groups excluding carboxylic acids is 4. The van der Waals surface area contributed by atoms with Gasteiger partial charge in [0.15, 0.2) is 5.78 Å². The molecule has 0 aliphatic carbocycles. The Kier molecular flexibility index (Phi) is 8.65. The summed E-state index contributed by atoms with van der Waals surface area (Å²) in [5.41, 5.74) is 0.406. The molecule has 2 atom stereocenters. The summed E-state index contributed by atoms with van der Waals surface area (Å²) in [7, 11) is 0. The van der Waals surface area contributed by atoms with Gasteiger partial charge in [-0.15, -0.1) is 0 Å². The van der Waals surface area contributed by atoms with Crippen LogP contribution in [0.3, 0.4) is 0 Å². The van der Waals surface area contributed by atoms with E-state index in [4.69, 9.17) is 4.74 Å². The van der Waals surface area contributed by atoms with Crippen LogP contribution < -0.4 is 10.1 Å². The molecule has 0 saturated carbocycles. The minimum atomic E-state index is -0.801. The molecule has 2 rings (SSSR count). The molecular formula is C23H23F2NO5S. The van der Waals surface area contributed by atoms with E-state index in [0.29, 0.717) is 5.56 Å². The van der Waals surface area contributed by atoms with Gasteiger partial charge in [0.05, 0.1) is 11.6 Å². The number of ether oxygens (including phenoxy) is 1. The monoisotopic (exact) mass is 463 g/mol. The lowest BCUT2D eigenvalue weighted by Crippen LogP contribution is -2.44. The lowest BCUT2D eigenvalue weighted by Gasteiger charge is -2.21. The minimum absolute atomic E-state index is 0.00102. The minimum Gasteiger partial charge on any atom is -0.426 e. The second-order valence-corrected chi connectivity index (χ2v) is 8.29. The first-order valence-corrected chi connectivity index (χ1v) is 10.7. The number of Topliss-reactive ketones (excluding diaryl/α,β-unsaturated/α-hetero) is 1. The first kappa shape index (κ1) is 25.2. The van der Waals surface area contributed by atoms with Gasteiger partial charge in [0.25, 0.3) is 0 Å². The Balaban J connectivity index is 2.32. The second-order valence-electron chi connectivity index (χ2n) is 7.29. The van der Waals surface area contributed by atoms with Crippen LogP contribution in [0.2, 0.25) is 0 Å². The first-order chi connectivity index (χ1) is 15.0. The predicted molar refractivity (Wildman–Crippen MR) is 117 cm³/mol. The van der Waals surface area contributed by atoms with Crippen LogP contribution in [0.1, 0.15) is 38.1 Å². The summed E-state index contributed by atoms with van der Waals surface area (Å²) in [5.74, 6) is -2.94. The standard InChI is InChI=1S/C23H23F2NO5S/c1-12(22(13(2)27)26-14(3)28)11-32-23(30)19-9-16(5-8-21(19)31-15(4)29)18-7-6-17(24)10-20(18)25/h5-10,12,22H,11H2,1-4H3,(H,26,28). The molecule has 0 aliphatic heterocycles. The number of rotatable bonds is 8. The Labute approximate surface area is 188 Å². The van der Waals surface area contributed by atoms with Gasteiger partial charge in [0, 0.05) is 31.2 Å². The quantitative estimate of drug-likeness (QED) is 0.467. The van der Waals surface area contributed by atoms with Crippen molar-refractivity contribution in [3.05, 3.63) is 53.6 Å². The van der Waals surface area contributed by atoms with Crippen molar-refractivity contribution in [1.29, 1.82) is 0 Å². The average molecular weight is 464 g/mol. The molecule has 170 valence electrons. The van der Waals surface area contributed by atoms with Crippen molar-refractivity contribution in [2.75, 3.05) is 5.75 Å². The predicted octanol–water partition coefficient (Wildman–Crippen LogP) is 4.16. The molecule has 2 aromatic carbocycles. The smallest absolute Gasteiger partial charge is 0.308 e. The molecule has 6 nitrogen and oxygen atoms in total. The van der Waals surface area contributed by atoms with E-state index in [1.807, 2.05) is 0 Å². The Hall–Kier alpha value is -3.07. The van der Waals surface area contributed by atoms with Crippen LogP contribution in [0.15, 0.2) is 36.4 Å². The van der Waals surface area contributed by atoms with Gasteiger partial charge in [-0.2, -0.15) is 0 Å². The Morgan fingerprint density at radius 2 is 1.72 bits per heavy atom. The van der Waals surface area contributed by atoms with Crippen LogP contribution in [-0.4, -0.2) is 34.6 Å². The second kappa shape index (κ2) is 11.0. The van der Waals surface area contributed by atoms with Crippen molar-refractivity contribution in [3.8, 4) is 16.9 Å². The third kappa shape index (κ3) is 6.71. The van der Waals surface area contributed by atoms with Gasteiger partial charge >= 0.3 is 5.97 Å². The molecule has 0 bridgehead atoms. The molecule has 2 unspecified atom stereocenters. The number of benzene rings is 2. The summed E-state index contributed by atoms with van der Waals surface area (Å²) in [6.07, 6.45) is 0. The van der Waals surface area contributed by atoms with E-state index >= 15 is 0 Å². The summed E-state index contributed by atoms with van der Waals surface area (Å²) < 4.78 is 32.6. The zero-order valence-corrected chi connectivity index (χ0v) is 18.8.